The van der Waals surface area contributed by atoms with Crippen LogP contribution in [0.1, 0.15) is 33.1 Å². The molecule has 5 N–H and O–H groups in total. The van der Waals surface area contributed by atoms with Gasteiger partial charge in [0.15, 0.2) is 0 Å². The molecular formula is C18H34N2O6S. The van der Waals surface area contributed by atoms with E-state index in [1.807, 2.05) is 11.9 Å². The van der Waals surface area contributed by atoms with Crippen molar-refractivity contribution in [3.8, 4) is 0 Å². The fourth-order valence-electron chi connectivity index (χ4n) is 4.13. The van der Waals surface area contributed by atoms with Gasteiger partial charge < -0.3 is 30.5 Å². The second-order valence-electron chi connectivity index (χ2n) is 7.80. The Labute approximate surface area is 165 Å². The molecule has 9 atom stereocenters. The average molecular weight is 407 g/mol. The third kappa shape index (κ3) is 5.14. The van der Waals surface area contributed by atoms with Crippen LogP contribution in [0.5, 0.6) is 0 Å². The molecule has 0 aliphatic carbocycles. The van der Waals surface area contributed by atoms with E-state index in [9.17, 15) is 25.2 Å². The van der Waals surface area contributed by atoms with Crippen LogP contribution in [0.3, 0.4) is 0 Å². The van der Waals surface area contributed by atoms with Crippen molar-refractivity contribution in [1.82, 2.24) is 10.2 Å². The number of hydrogen-bond donors (Lipinski definition) is 5. The van der Waals surface area contributed by atoms with Crippen molar-refractivity contribution in [1.29, 1.82) is 0 Å². The van der Waals surface area contributed by atoms with Crippen molar-refractivity contribution in [2.75, 3.05) is 19.8 Å². The summed E-state index contributed by atoms with van der Waals surface area (Å²) in [7, 11) is 1.91. The number of hydrogen-bond acceptors (Lipinski definition) is 8. The summed E-state index contributed by atoms with van der Waals surface area (Å²) < 4.78 is 5.72. The molecule has 2 aliphatic heterocycles. The second-order valence-corrected chi connectivity index (χ2v) is 8.73. The molecule has 1 amide bonds. The standard InChI is InChI=1S/C18H34N2O6S/c1-5-6-10-7-11(20(3)8-10)17(25)19-12(9(2)21)16-14(23)13(22)15(24)18(26-16)27-4/h9-16,18,21-24H,5-8H2,1-4H3,(H,19,25)/t9-,10-,11+,12-,13+,14-,15-,16-,18?/m1/s1. The summed E-state index contributed by atoms with van der Waals surface area (Å²) in [6.07, 6.45) is -1.50. The number of carbonyl (C=O) groups is 1. The maximum absolute atomic E-state index is 12.8. The maximum atomic E-state index is 12.8. The van der Waals surface area contributed by atoms with E-state index in [0.29, 0.717) is 5.92 Å². The lowest BCUT2D eigenvalue weighted by Gasteiger charge is -2.44. The van der Waals surface area contributed by atoms with Crippen LogP contribution in [0.25, 0.3) is 0 Å². The summed E-state index contributed by atoms with van der Waals surface area (Å²) in [4.78, 5) is 14.9. The molecule has 0 aromatic carbocycles. The van der Waals surface area contributed by atoms with Gasteiger partial charge in [0.05, 0.1) is 18.2 Å². The molecular weight excluding hydrogens is 372 g/mol. The first kappa shape index (κ1) is 22.9. The highest BCUT2D eigenvalue weighted by atomic mass is 32.2. The van der Waals surface area contributed by atoms with Gasteiger partial charge in [-0.05, 0) is 39.0 Å². The lowest BCUT2D eigenvalue weighted by Crippen LogP contribution is -2.65. The SMILES string of the molecule is CCC[C@@H]1C[C@@H](C(=O)N[C@@H]([C@H]2OC(SC)[C@H](O)[C@@H](O)[C@H]2O)[C@@H](C)O)N(C)C1. The smallest absolute Gasteiger partial charge is 0.237 e. The van der Waals surface area contributed by atoms with E-state index in [-0.39, 0.29) is 11.9 Å². The first-order valence-corrected chi connectivity index (χ1v) is 10.9. The largest absolute Gasteiger partial charge is 0.391 e. The molecule has 158 valence electrons. The van der Waals surface area contributed by atoms with Gasteiger partial charge in [0.2, 0.25) is 5.91 Å². The minimum Gasteiger partial charge on any atom is -0.391 e. The predicted octanol–water partition coefficient (Wildman–Crippen LogP) is -0.857. The lowest BCUT2D eigenvalue weighted by molar-refractivity contribution is -0.211. The Hall–Kier alpha value is -0.420. The number of ether oxygens (including phenoxy) is 1. The van der Waals surface area contributed by atoms with E-state index < -0.39 is 42.0 Å². The van der Waals surface area contributed by atoms with Gasteiger partial charge in [0.1, 0.15) is 29.9 Å². The van der Waals surface area contributed by atoms with Gasteiger partial charge in [-0.2, -0.15) is 0 Å². The van der Waals surface area contributed by atoms with Crippen LogP contribution in [0.4, 0.5) is 0 Å². The fraction of sp³-hybridized carbons (Fsp3) is 0.944. The topological polar surface area (TPSA) is 122 Å². The summed E-state index contributed by atoms with van der Waals surface area (Å²) in [6, 6.07) is -1.20. The van der Waals surface area contributed by atoms with E-state index in [4.69, 9.17) is 4.74 Å². The van der Waals surface area contributed by atoms with Crippen LogP contribution in [-0.2, 0) is 9.53 Å². The number of carbonyl (C=O) groups excluding carboxylic acids is 1. The molecule has 2 rings (SSSR count). The summed E-state index contributed by atoms with van der Waals surface area (Å²) in [5.74, 6) is 0.245. The molecule has 0 aromatic rings. The van der Waals surface area contributed by atoms with Crippen molar-refractivity contribution in [2.24, 2.45) is 5.92 Å². The van der Waals surface area contributed by atoms with Crippen LogP contribution < -0.4 is 5.32 Å². The van der Waals surface area contributed by atoms with E-state index >= 15 is 0 Å². The summed E-state index contributed by atoms with van der Waals surface area (Å²) >= 11 is 1.20. The highest BCUT2D eigenvalue weighted by molar-refractivity contribution is 7.99. The van der Waals surface area contributed by atoms with Crippen molar-refractivity contribution in [3.63, 3.8) is 0 Å². The van der Waals surface area contributed by atoms with E-state index in [1.165, 1.54) is 18.7 Å². The van der Waals surface area contributed by atoms with Crippen molar-refractivity contribution in [3.05, 3.63) is 0 Å². The number of likely N-dealkylation sites (N-methyl/N-ethyl adjacent to an activating group) is 1. The van der Waals surface area contributed by atoms with Gasteiger partial charge in [-0.15, -0.1) is 11.8 Å². The Kier molecular flexibility index (Phi) is 8.35. The lowest BCUT2D eigenvalue weighted by atomic mass is 9.92. The van der Waals surface area contributed by atoms with Crippen LogP contribution in [-0.4, -0.2) is 99.1 Å². The molecule has 1 unspecified atom stereocenters. The van der Waals surface area contributed by atoms with Crippen LogP contribution in [0.2, 0.25) is 0 Å². The van der Waals surface area contributed by atoms with Gasteiger partial charge in [-0.25, -0.2) is 0 Å². The Morgan fingerprint density at radius 3 is 2.52 bits per heavy atom. The van der Waals surface area contributed by atoms with Crippen molar-refractivity contribution in [2.45, 2.75) is 81.1 Å². The summed E-state index contributed by atoms with van der Waals surface area (Å²) in [6.45, 7) is 4.48. The number of thioether (sulfide) groups is 1. The molecule has 2 heterocycles. The van der Waals surface area contributed by atoms with Crippen molar-refractivity contribution < 1.29 is 30.0 Å². The van der Waals surface area contributed by atoms with E-state index in [2.05, 4.69) is 12.2 Å². The number of aliphatic hydroxyl groups excluding tert-OH is 4. The number of amides is 1. The monoisotopic (exact) mass is 406 g/mol. The van der Waals surface area contributed by atoms with Gasteiger partial charge in [0.25, 0.3) is 0 Å². The van der Waals surface area contributed by atoms with Gasteiger partial charge in [0, 0.05) is 6.54 Å². The Morgan fingerprint density at radius 2 is 1.96 bits per heavy atom. The predicted molar refractivity (Wildman–Crippen MR) is 103 cm³/mol. The maximum Gasteiger partial charge on any atom is 0.237 e. The average Bonchev–Trinajstić information content (AvgIpc) is 2.99. The minimum absolute atomic E-state index is 0.223. The first-order chi connectivity index (χ1) is 12.7. The zero-order chi connectivity index (χ0) is 20.3. The molecule has 0 bridgehead atoms. The third-order valence-corrected chi connectivity index (χ3v) is 6.51. The summed E-state index contributed by atoms with van der Waals surface area (Å²) in [5, 5.41) is 43.5. The molecule has 9 heteroatoms. The molecule has 8 nitrogen and oxygen atoms in total. The second kappa shape index (κ2) is 9.87. The number of rotatable bonds is 7. The Bertz CT molecular complexity index is 494. The van der Waals surface area contributed by atoms with E-state index in [1.54, 1.807) is 6.26 Å². The molecule has 2 aliphatic rings. The molecule has 0 radical (unpaired) electrons. The van der Waals surface area contributed by atoms with Gasteiger partial charge in [-0.3, -0.25) is 9.69 Å². The number of nitrogens with zero attached hydrogens (tertiary/aromatic N) is 1. The number of aliphatic hydroxyl groups is 4. The molecule has 0 saturated carbocycles. The first-order valence-electron chi connectivity index (χ1n) is 9.62. The normalized spacial score (nSPS) is 39.9. The molecule has 27 heavy (non-hydrogen) atoms. The molecule has 0 aromatic heterocycles. The van der Waals surface area contributed by atoms with Crippen LogP contribution in [0.15, 0.2) is 0 Å². The van der Waals surface area contributed by atoms with Crippen molar-refractivity contribution >= 4 is 17.7 Å². The quantitative estimate of drug-likeness (QED) is 0.370. The highest BCUT2D eigenvalue weighted by Crippen LogP contribution is 2.30. The molecule has 2 fully saturated rings. The third-order valence-electron chi connectivity index (χ3n) is 5.66. The van der Waals surface area contributed by atoms with Gasteiger partial charge >= 0.3 is 0 Å². The number of likely N-dealkylation sites (tertiary alicyclic amines) is 1. The Morgan fingerprint density at radius 1 is 1.30 bits per heavy atom. The van der Waals surface area contributed by atoms with Crippen LogP contribution in [0, 0.1) is 5.92 Å². The summed E-state index contributed by atoms with van der Waals surface area (Å²) in [5.41, 5.74) is -0.755. The minimum atomic E-state index is -1.42. The van der Waals surface area contributed by atoms with Crippen LogP contribution >= 0.6 is 11.8 Å². The van der Waals surface area contributed by atoms with Gasteiger partial charge in [-0.1, -0.05) is 13.3 Å². The Balaban J connectivity index is 2.09. The number of nitrogens with one attached hydrogen (secondary N) is 1. The molecule has 2 saturated heterocycles. The molecule has 0 spiro atoms. The van der Waals surface area contributed by atoms with E-state index in [0.717, 1.165) is 25.8 Å². The fourth-order valence-corrected chi connectivity index (χ4v) is 4.81. The highest BCUT2D eigenvalue weighted by Gasteiger charge is 2.48. The zero-order valence-electron chi connectivity index (χ0n) is 16.5. The zero-order valence-corrected chi connectivity index (χ0v) is 17.3.